The van der Waals surface area contributed by atoms with E-state index in [2.05, 4.69) is 14.9 Å². The van der Waals surface area contributed by atoms with Crippen LogP contribution in [0, 0.1) is 0 Å². The Bertz CT molecular complexity index is 1050. The van der Waals surface area contributed by atoms with Crippen LogP contribution < -0.4 is 9.64 Å². The van der Waals surface area contributed by atoms with E-state index in [4.69, 9.17) is 27.9 Å². The summed E-state index contributed by atoms with van der Waals surface area (Å²) in [4.78, 5) is 25.4. The van der Waals surface area contributed by atoms with Gasteiger partial charge in [0.1, 0.15) is 17.9 Å². The van der Waals surface area contributed by atoms with Crippen molar-refractivity contribution in [1.29, 1.82) is 0 Å². The molecule has 0 aliphatic carbocycles. The second-order valence-corrected chi connectivity index (χ2v) is 7.95. The Balaban J connectivity index is 1.44. The molecule has 2 aromatic carbocycles. The van der Waals surface area contributed by atoms with Crippen molar-refractivity contribution in [2.24, 2.45) is 0 Å². The van der Waals surface area contributed by atoms with Crippen molar-refractivity contribution in [3.05, 3.63) is 76.5 Å². The number of ether oxygens (including phenoxy) is 1. The van der Waals surface area contributed by atoms with Crippen LogP contribution in [0.1, 0.15) is 17.3 Å². The predicted octanol–water partition coefficient (Wildman–Crippen LogP) is 4.93. The fraction of sp³-hybridized carbons (Fsp3) is 0.227. The van der Waals surface area contributed by atoms with Crippen LogP contribution in [0.4, 0.5) is 5.82 Å². The van der Waals surface area contributed by atoms with Gasteiger partial charge in [0, 0.05) is 47.4 Å². The first-order chi connectivity index (χ1) is 14.5. The second-order valence-electron chi connectivity index (χ2n) is 7.07. The van der Waals surface area contributed by atoms with Gasteiger partial charge >= 0.3 is 0 Å². The molecule has 1 atom stereocenters. The van der Waals surface area contributed by atoms with Gasteiger partial charge in [0.2, 0.25) is 5.88 Å². The fourth-order valence-corrected chi connectivity index (χ4v) is 3.74. The fourth-order valence-electron chi connectivity index (χ4n) is 3.44. The molecule has 2 heterocycles. The molecule has 4 rings (SSSR count). The van der Waals surface area contributed by atoms with Crippen LogP contribution in [0.15, 0.2) is 60.9 Å². The smallest absolute Gasteiger partial charge is 0.254 e. The second kappa shape index (κ2) is 8.90. The molecule has 154 valence electrons. The third kappa shape index (κ3) is 4.66. The molecule has 0 bridgehead atoms. The average molecular weight is 443 g/mol. The van der Waals surface area contributed by atoms with E-state index < -0.39 is 0 Å². The maximum atomic E-state index is 12.9. The minimum atomic E-state index is 0.00600. The normalized spacial score (nSPS) is 16.4. The third-order valence-electron chi connectivity index (χ3n) is 4.95. The lowest BCUT2D eigenvalue weighted by atomic mass is 10.1. The van der Waals surface area contributed by atoms with Gasteiger partial charge in [0.05, 0.1) is 0 Å². The molecule has 0 radical (unpaired) electrons. The van der Waals surface area contributed by atoms with Gasteiger partial charge < -0.3 is 14.5 Å². The number of aromatic nitrogens is 2. The third-order valence-corrected chi connectivity index (χ3v) is 5.44. The van der Waals surface area contributed by atoms with E-state index in [0.29, 0.717) is 46.9 Å². The number of nitrogens with zero attached hydrogens (tertiary/aromatic N) is 4. The van der Waals surface area contributed by atoms with Gasteiger partial charge in [-0.2, -0.15) is 0 Å². The van der Waals surface area contributed by atoms with E-state index in [1.807, 2.05) is 24.0 Å². The molecular weight excluding hydrogens is 423 g/mol. The number of piperazine rings is 1. The standard InChI is InChI=1S/C22H20Cl2N4O2/c1-15-13-27(9-10-28(15)22(29)16-5-7-17(23)8-6-16)20-12-21(26-14-25-20)30-19-4-2-3-18(24)11-19/h2-8,11-12,14-15H,9-10,13H2,1H3/t15-/m1/s1. The van der Waals surface area contributed by atoms with E-state index in [-0.39, 0.29) is 11.9 Å². The number of rotatable bonds is 4. The number of halogens is 2. The summed E-state index contributed by atoms with van der Waals surface area (Å²) in [5.41, 5.74) is 0.638. The van der Waals surface area contributed by atoms with E-state index in [0.717, 1.165) is 5.82 Å². The van der Waals surface area contributed by atoms with Gasteiger partial charge in [0.25, 0.3) is 5.91 Å². The number of carbonyl (C=O) groups is 1. The van der Waals surface area contributed by atoms with Crippen LogP contribution in [0.2, 0.25) is 10.0 Å². The average Bonchev–Trinajstić information content (AvgIpc) is 2.74. The molecule has 0 unspecified atom stereocenters. The van der Waals surface area contributed by atoms with Crippen LogP contribution in [0.25, 0.3) is 0 Å². The van der Waals surface area contributed by atoms with Crippen molar-refractivity contribution in [2.45, 2.75) is 13.0 Å². The molecule has 6 nitrogen and oxygen atoms in total. The predicted molar refractivity (Wildman–Crippen MR) is 118 cm³/mol. The lowest BCUT2D eigenvalue weighted by Crippen LogP contribution is -2.54. The lowest BCUT2D eigenvalue weighted by molar-refractivity contribution is 0.0673. The van der Waals surface area contributed by atoms with Crippen molar-refractivity contribution < 1.29 is 9.53 Å². The summed E-state index contributed by atoms with van der Waals surface area (Å²) in [6.07, 6.45) is 1.48. The van der Waals surface area contributed by atoms with Crippen molar-refractivity contribution in [1.82, 2.24) is 14.9 Å². The molecule has 1 aliphatic heterocycles. The number of hydrogen-bond acceptors (Lipinski definition) is 5. The van der Waals surface area contributed by atoms with Crippen LogP contribution in [-0.2, 0) is 0 Å². The SMILES string of the molecule is C[C@@H]1CN(c2cc(Oc3cccc(Cl)c3)ncn2)CCN1C(=O)c1ccc(Cl)cc1. The molecule has 3 aromatic rings. The molecule has 1 amide bonds. The summed E-state index contributed by atoms with van der Waals surface area (Å²) in [5, 5.41) is 1.21. The highest BCUT2D eigenvalue weighted by atomic mass is 35.5. The zero-order valence-corrected chi connectivity index (χ0v) is 17.8. The van der Waals surface area contributed by atoms with Crippen LogP contribution in [0.3, 0.4) is 0 Å². The monoisotopic (exact) mass is 442 g/mol. The highest BCUT2D eigenvalue weighted by Gasteiger charge is 2.29. The highest BCUT2D eigenvalue weighted by molar-refractivity contribution is 6.31. The number of hydrogen-bond donors (Lipinski definition) is 0. The van der Waals surface area contributed by atoms with Crippen molar-refractivity contribution in [3.63, 3.8) is 0 Å². The van der Waals surface area contributed by atoms with Crippen molar-refractivity contribution >= 4 is 34.9 Å². The maximum absolute atomic E-state index is 12.9. The van der Waals surface area contributed by atoms with Gasteiger partial charge in [-0.15, -0.1) is 0 Å². The van der Waals surface area contributed by atoms with E-state index in [9.17, 15) is 4.79 Å². The topological polar surface area (TPSA) is 58.6 Å². The Kier molecular flexibility index (Phi) is 6.06. The molecule has 1 aliphatic rings. The highest BCUT2D eigenvalue weighted by Crippen LogP contribution is 2.26. The zero-order valence-electron chi connectivity index (χ0n) is 16.3. The van der Waals surface area contributed by atoms with Gasteiger partial charge in [-0.3, -0.25) is 4.79 Å². The summed E-state index contributed by atoms with van der Waals surface area (Å²) in [5.74, 6) is 1.81. The first-order valence-corrected chi connectivity index (χ1v) is 10.3. The molecule has 30 heavy (non-hydrogen) atoms. The van der Waals surface area contributed by atoms with E-state index >= 15 is 0 Å². The molecule has 8 heteroatoms. The van der Waals surface area contributed by atoms with Gasteiger partial charge in [0.15, 0.2) is 0 Å². The lowest BCUT2D eigenvalue weighted by Gasteiger charge is -2.40. The summed E-state index contributed by atoms with van der Waals surface area (Å²) >= 11 is 11.9. The molecule has 0 N–H and O–H groups in total. The molecule has 1 fully saturated rings. The van der Waals surface area contributed by atoms with Crippen molar-refractivity contribution in [2.75, 3.05) is 24.5 Å². The van der Waals surface area contributed by atoms with E-state index in [1.54, 1.807) is 42.5 Å². The maximum Gasteiger partial charge on any atom is 0.254 e. The Morgan fingerprint density at radius 1 is 1.03 bits per heavy atom. The summed E-state index contributed by atoms with van der Waals surface area (Å²) in [6, 6.07) is 15.9. The molecule has 0 saturated carbocycles. The van der Waals surface area contributed by atoms with Crippen LogP contribution in [-0.4, -0.2) is 46.5 Å². The summed E-state index contributed by atoms with van der Waals surface area (Å²) < 4.78 is 5.81. The van der Waals surface area contributed by atoms with Gasteiger partial charge in [-0.1, -0.05) is 29.3 Å². The Morgan fingerprint density at radius 2 is 1.83 bits per heavy atom. The first-order valence-electron chi connectivity index (χ1n) is 9.56. The molecule has 1 saturated heterocycles. The Morgan fingerprint density at radius 3 is 2.57 bits per heavy atom. The summed E-state index contributed by atoms with van der Waals surface area (Å²) in [6.45, 7) is 3.95. The Hall–Kier alpha value is -2.83. The number of benzene rings is 2. The largest absolute Gasteiger partial charge is 0.439 e. The van der Waals surface area contributed by atoms with E-state index in [1.165, 1.54) is 6.33 Å². The molecular formula is C22H20Cl2N4O2. The van der Waals surface area contributed by atoms with Crippen molar-refractivity contribution in [3.8, 4) is 11.6 Å². The first kappa shape index (κ1) is 20.4. The van der Waals surface area contributed by atoms with Crippen LogP contribution in [0.5, 0.6) is 11.6 Å². The number of amides is 1. The minimum absolute atomic E-state index is 0.00600. The summed E-state index contributed by atoms with van der Waals surface area (Å²) in [7, 11) is 0. The van der Waals surface area contributed by atoms with Gasteiger partial charge in [-0.05, 0) is 49.4 Å². The number of carbonyl (C=O) groups excluding carboxylic acids is 1. The number of anilines is 1. The quantitative estimate of drug-likeness (QED) is 0.573. The molecule has 1 aromatic heterocycles. The minimum Gasteiger partial charge on any atom is -0.439 e. The Labute approximate surface area is 185 Å². The molecule has 0 spiro atoms. The van der Waals surface area contributed by atoms with Gasteiger partial charge in [-0.25, -0.2) is 9.97 Å². The van der Waals surface area contributed by atoms with Crippen LogP contribution >= 0.6 is 23.2 Å². The zero-order chi connectivity index (χ0) is 21.1.